The van der Waals surface area contributed by atoms with Crippen LogP contribution in [0.5, 0.6) is 0 Å². The molecule has 5 heteroatoms. The van der Waals surface area contributed by atoms with E-state index in [1.54, 1.807) is 11.0 Å². The molecule has 0 aliphatic carbocycles. The molecule has 0 saturated heterocycles. The van der Waals surface area contributed by atoms with Crippen molar-refractivity contribution >= 4 is 17.6 Å². The van der Waals surface area contributed by atoms with Crippen molar-refractivity contribution in [3.8, 4) is 0 Å². The molecule has 21 heavy (non-hydrogen) atoms. The Morgan fingerprint density at radius 3 is 2.62 bits per heavy atom. The number of para-hydroxylation sites is 1. The molecule has 3 rings (SSSR count). The number of furan rings is 1. The van der Waals surface area contributed by atoms with Gasteiger partial charge in [0.15, 0.2) is 0 Å². The average molecular weight is 285 g/mol. The fourth-order valence-corrected chi connectivity index (χ4v) is 2.69. The number of carbonyl (C=O) groups excluding carboxylic acids is 1. The van der Waals surface area contributed by atoms with Crippen LogP contribution in [0.2, 0.25) is 0 Å². The van der Waals surface area contributed by atoms with Crippen molar-refractivity contribution in [1.82, 2.24) is 0 Å². The lowest BCUT2D eigenvalue weighted by atomic mass is 9.86. The molecule has 0 radical (unpaired) electrons. The fraction of sp³-hybridized carbons (Fsp3) is 0.250. The molecule has 1 aliphatic heterocycles. The quantitative estimate of drug-likeness (QED) is 0.941. The summed E-state index contributed by atoms with van der Waals surface area (Å²) in [4.78, 5) is 25.1. The standard InChI is InChI=1S/C16H15NO4/c1-16(2)11-5-3-4-6-12(11)17(15(16)20)9-10-7-8-13(21-10)14(18)19/h3-8H,9H2,1-2H3,(H,18,19). The van der Waals surface area contributed by atoms with E-state index in [2.05, 4.69) is 0 Å². The first kappa shape index (κ1) is 13.4. The van der Waals surface area contributed by atoms with Crippen LogP contribution in [0, 0.1) is 0 Å². The largest absolute Gasteiger partial charge is 0.475 e. The van der Waals surface area contributed by atoms with Crippen molar-refractivity contribution in [1.29, 1.82) is 0 Å². The lowest BCUT2D eigenvalue weighted by molar-refractivity contribution is -0.122. The Hall–Kier alpha value is -2.56. The summed E-state index contributed by atoms with van der Waals surface area (Å²) in [5.74, 6) is -0.802. The smallest absolute Gasteiger partial charge is 0.371 e. The van der Waals surface area contributed by atoms with Crippen LogP contribution in [0.25, 0.3) is 0 Å². The first-order valence-electron chi connectivity index (χ1n) is 6.65. The summed E-state index contributed by atoms with van der Waals surface area (Å²) < 4.78 is 5.25. The number of carboxylic acid groups (broad SMARTS) is 1. The minimum absolute atomic E-state index is 0.0167. The molecule has 0 bridgehead atoms. The van der Waals surface area contributed by atoms with Gasteiger partial charge in [-0.05, 0) is 37.6 Å². The maximum atomic E-state index is 12.6. The summed E-state index contributed by atoms with van der Waals surface area (Å²) in [6, 6.07) is 10.6. The summed E-state index contributed by atoms with van der Waals surface area (Å²) in [5.41, 5.74) is 1.24. The van der Waals surface area contributed by atoms with Gasteiger partial charge in [0.1, 0.15) is 5.76 Å². The molecular formula is C16H15NO4. The predicted molar refractivity (Wildman–Crippen MR) is 76.3 cm³/mol. The van der Waals surface area contributed by atoms with Gasteiger partial charge in [0, 0.05) is 5.69 Å². The predicted octanol–water partition coefficient (Wildman–Crippen LogP) is 2.80. The number of nitrogens with zero attached hydrogens (tertiary/aromatic N) is 1. The molecule has 1 aromatic carbocycles. The van der Waals surface area contributed by atoms with Crippen molar-refractivity contribution in [2.45, 2.75) is 25.8 Å². The van der Waals surface area contributed by atoms with Crippen LogP contribution in [0.4, 0.5) is 5.69 Å². The first-order valence-corrected chi connectivity index (χ1v) is 6.65. The molecule has 1 aliphatic rings. The van der Waals surface area contributed by atoms with E-state index in [4.69, 9.17) is 9.52 Å². The van der Waals surface area contributed by atoms with Gasteiger partial charge in [-0.25, -0.2) is 4.79 Å². The molecule has 0 atom stereocenters. The van der Waals surface area contributed by atoms with Crippen LogP contribution < -0.4 is 4.90 Å². The van der Waals surface area contributed by atoms with E-state index >= 15 is 0 Å². The van der Waals surface area contributed by atoms with Gasteiger partial charge >= 0.3 is 5.97 Å². The van der Waals surface area contributed by atoms with Gasteiger partial charge < -0.3 is 14.4 Å². The zero-order chi connectivity index (χ0) is 15.2. The van der Waals surface area contributed by atoms with E-state index in [-0.39, 0.29) is 18.2 Å². The van der Waals surface area contributed by atoms with E-state index in [1.165, 1.54) is 6.07 Å². The third kappa shape index (κ3) is 2.01. The van der Waals surface area contributed by atoms with E-state index in [0.29, 0.717) is 5.76 Å². The van der Waals surface area contributed by atoms with E-state index in [0.717, 1.165) is 11.3 Å². The van der Waals surface area contributed by atoms with Gasteiger partial charge in [0.05, 0.1) is 12.0 Å². The molecule has 2 aromatic rings. The summed E-state index contributed by atoms with van der Waals surface area (Å²) in [6.45, 7) is 4.00. The van der Waals surface area contributed by atoms with Crippen molar-refractivity contribution < 1.29 is 19.1 Å². The second kappa shape index (κ2) is 4.48. The third-order valence-electron chi connectivity index (χ3n) is 3.83. The van der Waals surface area contributed by atoms with Crippen molar-refractivity contribution in [3.05, 3.63) is 53.5 Å². The molecule has 1 N–H and O–H groups in total. The maximum absolute atomic E-state index is 12.6. The number of hydrogen-bond donors (Lipinski definition) is 1. The molecule has 0 fully saturated rings. The molecule has 108 valence electrons. The minimum Gasteiger partial charge on any atom is -0.475 e. The minimum atomic E-state index is -1.12. The lowest BCUT2D eigenvalue weighted by Gasteiger charge is -2.19. The van der Waals surface area contributed by atoms with Crippen LogP contribution in [-0.4, -0.2) is 17.0 Å². The van der Waals surface area contributed by atoms with E-state index < -0.39 is 11.4 Å². The Kier molecular flexibility index (Phi) is 2.86. The molecule has 5 nitrogen and oxygen atoms in total. The number of amides is 1. The van der Waals surface area contributed by atoms with Crippen LogP contribution >= 0.6 is 0 Å². The zero-order valence-electron chi connectivity index (χ0n) is 11.8. The fourth-order valence-electron chi connectivity index (χ4n) is 2.69. The van der Waals surface area contributed by atoms with E-state index in [1.807, 2.05) is 38.1 Å². The second-order valence-electron chi connectivity index (χ2n) is 5.60. The van der Waals surface area contributed by atoms with Gasteiger partial charge in [0.2, 0.25) is 11.7 Å². The van der Waals surface area contributed by atoms with Crippen molar-refractivity contribution in [3.63, 3.8) is 0 Å². The number of carbonyl (C=O) groups is 2. The molecule has 0 spiro atoms. The first-order chi connectivity index (χ1) is 9.91. The molecule has 2 heterocycles. The Bertz CT molecular complexity index is 729. The van der Waals surface area contributed by atoms with E-state index in [9.17, 15) is 9.59 Å². The van der Waals surface area contributed by atoms with Gasteiger partial charge in [-0.1, -0.05) is 18.2 Å². The molecular weight excluding hydrogens is 270 g/mol. The Balaban J connectivity index is 1.95. The number of rotatable bonds is 3. The van der Waals surface area contributed by atoms with Crippen LogP contribution in [0.1, 0.15) is 35.7 Å². The van der Waals surface area contributed by atoms with Crippen LogP contribution in [0.15, 0.2) is 40.8 Å². The number of anilines is 1. The SMILES string of the molecule is CC1(C)C(=O)N(Cc2ccc(C(=O)O)o2)c2ccccc21. The highest BCUT2D eigenvalue weighted by Gasteiger charge is 2.43. The average Bonchev–Trinajstić information content (AvgIpc) is 2.98. The zero-order valence-corrected chi connectivity index (χ0v) is 11.8. The molecule has 1 amide bonds. The number of carboxylic acids is 1. The van der Waals surface area contributed by atoms with Crippen LogP contribution in [0.3, 0.4) is 0 Å². The van der Waals surface area contributed by atoms with Gasteiger partial charge in [-0.3, -0.25) is 4.79 Å². The molecule has 0 unspecified atom stereocenters. The molecule has 1 aromatic heterocycles. The molecule has 0 saturated carbocycles. The van der Waals surface area contributed by atoms with Crippen molar-refractivity contribution in [2.24, 2.45) is 0 Å². The summed E-state index contributed by atoms with van der Waals surface area (Å²) >= 11 is 0. The van der Waals surface area contributed by atoms with Gasteiger partial charge in [0.25, 0.3) is 0 Å². The summed E-state index contributed by atoms with van der Waals surface area (Å²) in [7, 11) is 0. The van der Waals surface area contributed by atoms with Gasteiger partial charge in [-0.15, -0.1) is 0 Å². The Morgan fingerprint density at radius 2 is 1.95 bits per heavy atom. The lowest BCUT2D eigenvalue weighted by Crippen LogP contribution is -2.35. The number of benzene rings is 1. The number of fused-ring (bicyclic) bond motifs is 1. The third-order valence-corrected chi connectivity index (χ3v) is 3.83. The highest BCUT2D eigenvalue weighted by Crippen LogP contribution is 2.41. The monoisotopic (exact) mass is 285 g/mol. The highest BCUT2D eigenvalue weighted by molar-refractivity contribution is 6.07. The van der Waals surface area contributed by atoms with Crippen molar-refractivity contribution in [2.75, 3.05) is 4.90 Å². The number of aromatic carboxylic acids is 1. The maximum Gasteiger partial charge on any atom is 0.371 e. The number of hydrogen-bond acceptors (Lipinski definition) is 3. The van der Waals surface area contributed by atoms with Gasteiger partial charge in [-0.2, -0.15) is 0 Å². The summed E-state index contributed by atoms with van der Waals surface area (Å²) in [5, 5.41) is 8.88. The normalized spacial score (nSPS) is 16.1. The van der Waals surface area contributed by atoms with Crippen LogP contribution in [-0.2, 0) is 16.8 Å². The Labute approximate surface area is 121 Å². The topological polar surface area (TPSA) is 70.8 Å². The highest BCUT2D eigenvalue weighted by atomic mass is 16.4. The Morgan fingerprint density at radius 1 is 1.24 bits per heavy atom. The summed E-state index contributed by atoms with van der Waals surface area (Å²) in [6.07, 6.45) is 0. The second-order valence-corrected chi connectivity index (χ2v) is 5.60.